The van der Waals surface area contributed by atoms with E-state index < -0.39 is 11.7 Å². The Morgan fingerprint density at radius 3 is 2.53 bits per heavy atom. The van der Waals surface area contributed by atoms with Gasteiger partial charge in [0.2, 0.25) is 0 Å². The van der Waals surface area contributed by atoms with Gasteiger partial charge in [0.25, 0.3) is 0 Å². The molecule has 6 heteroatoms. The first-order valence-corrected chi connectivity index (χ1v) is 5.93. The molecule has 0 spiro atoms. The number of ether oxygens (including phenoxy) is 1. The molecule has 0 bridgehead atoms. The summed E-state index contributed by atoms with van der Waals surface area (Å²) in [5.41, 5.74) is -0.138. The van der Waals surface area contributed by atoms with E-state index in [1.807, 2.05) is 6.07 Å². The van der Waals surface area contributed by atoms with Crippen LogP contribution in [0.1, 0.15) is 11.1 Å². The van der Waals surface area contributed by atoms with E-state index in [1.165, 1.54) is 6.07 Å². The maximum absolute atomic E-state index is 13.1. The van der Waals surface area contributed by atoms with Gasteiger partial charge in [-0.05, 0) is 11.6 Å². The predicted molar refractivity (Wildman–Crippen MR) is 63.8 cm³/mol. The summed E-state index contributed by atoms with van der Waals surface area (Å²) in [6.07, 6.45) is -4.45. The summed E-state index contributed by atoms with van der Waals surface area (Å²) < 4.78 is 44.4. The fraction of sp³-hybridized carbons (Fsp3) is 0.462. The summed E-state index contributed by atoms with van der Waals surface area (Å²) in [6.45, 7) is 1.62. The van der Waals surface area contributed by atoms with Gasteiger partial charge in [-0.25, -0.2) is 0 Å². The van der Waals surface area contributed by atoms with Crippen LogP contribution < -0.4 is 4.90 Å². The lowest BCUT2D eigenvalue weighted by atomic mass is 10.0. The van der Waals surface area contributed by atoms with Crippen LogP contribution in [0.4, 0.5) is 18.9 Å². The molecule has 0 aromatic heterocycles. The monoisotopic (exact) mass is 270 g/mol. The van der Waals surface area contributed by atoms with E-state index in [-0.39, 0.29) is 12.1 Å². The maximum Gasteiger partial charge on any atom is 0.418 e. The molecule has 1 aliphatic heterocycles. The number of para-hydroxylation sites is 1. The van der Waals surface area contributed by atoms with Gasteiger partial charge in [0, 0.05) is 13.1 Å². The summed E-state index contributed by atoms with van der Waals surface area (Å²) in [6, 6.07) is 5.90. The Morgan fingerprint density at radius 2 is 1.95 bits per heavy atom. The van der Waals surface area contributed by atoms with Crippen LogP contribution in [0.3, 0.4) is 0 Å². The van der Waals surface area contributed by atoms with E-state index in [2.05, 4.69) is 0 Å². The zero-order valence-electron chi connectivity index (χ0n) is 10.2. The molecule has 1 aliphatic rings. The quantitative estimate of drug-likeness (QED) is 0.828. The average molecular weight is 270 g/mol. The lowest BCUT2D eigenvalue weighted by Crippen LogP contribution is -2.38. The van der Waals surface area contributed by atoms with Gasteiger partial charge in [-0.15, -0.1) is 0 Å². The van der Waals surface area contributed by atoms with Gasteiger partial charge in [-0.1, -0.05) is 12.1 Å². The van der Waals surface area contributed by atoms with Crippen molar-refractivity contribution < 1.29 is 17.9 Å². The molecule has 1 fully saturated rings. The SMILES string of the molecule is N#CCc1cccc(C(F)(F)F)c1N1CCOCC1. The number of hydrogen-bond donors (Lipinski definition) is 0. The van der Waals surface area contributed by atoms with Gasteiger partial charge in [-0.2, -0.15) is 18.4 Å². The van der Waals surface area contributed by atoms with Crippen LogP contribution in [0.2, 0.25) is 0 Å². The smallest absolute Gasteiger partial charge is 0.378 e. The van der Waals surface area contributed by atoms with Crippen LogP contribution >= 0.6 is 0 Å². The highest BCUT2D eigenvalue weighted by Gasteiger charge is 2.36. The first-order chi connectivity index (χ1) is 9.04. The van der Waals surface area contributed by atoms with Crippen LogP contribution in [-0.4, -0.2) is 26.3 Å². The fourth-order valence-corrected chi connectivity index (χ4v) is 2.21. The molecule has 1 saturated heterocycles. The Morgan fingerprint density at radius 1 is 1.26 bits per heavy atom. The zero-order valence-corrected chi connectivity index (χ0v) is 10.2. The molecule has 19 heavy (non-hydrogen) atoms. The number of hydrogen-bond acceptors (Lipinski definition) is 3. The highest BCUT2D eigenvalue weighted by atomic mass is 19.4. The van der Waals surface area contributed by atoms with Gasteiger partial charge in [-0.3, -0.25) is 0 Å². The van der Waals surface area contributed by atoms with Crippen molar-refractivity contribution in [3.05, 3.63) is 29.3 Å². The van der Waals surface area contributed by atoms with Crippen molar-refractivity contribution in [1.29, 1.82) is 5.26 Å². The molecule has 2 rings (SSSR count). The minimum atomic E-state index is -4.42. The number of alkyl halides is 3. The number of anilines is 1. The molecular formula is C13H13F3N2O. The molecule has 1 aromatic rings. The highest BCUT2D eigenvalue weighted by Crippen LogP contribution is 2.39. The molecule has 0 saturated carbocycles. The summed E-state index contributed by atoms with van der Waals surface area (Å²) >= 11 is 0. The second kappa shape index (κ2) is 5.49. The molecule has 0 aliphatic carbocycles. The van der Waals surface area contributed by atoms with E-state index in [0.29, 0.717) is 31.9 Å². The minimum absolute atomic E-state index is 0.0311. The Balaban J connectivity index is 2.49. The molecule has 1 heterocycles. The Bertz CT molecular complexity index is 488. The second-order valence-corrected chi connectivity index (χ2v) is 4.25. The van der Waals surface area contributed by atoms with Crippen molar-refractivity contribution in [2.45, 2.75) is 12.6 Å². The maximum atomic E-state index is 13.1. The van der Waals surface area contributed by atoms with Crippen molar-refractivity contribution in [3.8, 4) is 6.07 Å². The number of nitrogens with zero attached hydrogens (tertiary/aromatic N) is 2. The van der Waals surface area contributed by atoms with E-state index in [1.54, 1.807) is 11.0 Å². The highest BCUT2D eigenvalue weighted by molar-refractivity contribution is 5.62. The second-order valence-electron chi connectivity index (χ2n) is 4.25. The molecule has 0 radical (unpaired) electrons. The number of nitriles is 1. The van der Waals surface area contributed by atoms with Gasteiger partial charge >= 0.3 is 6.18 Å². The summed E-state index contributed by atoms with van der Waals surface area (Å²) in [7, 11) is 0. The summed E-state index contributed by atoms with van der Waals surface area (Å²) in [5.74, 6) is 0. The third-order valence-electron chi connectivity index (χ3n) is 3.02. The third-order valence-corrected chi connectivity index (χ3v) is 3.02. The van der Waals surface area contributed by atoms with Gasteiger partial charge in [0.05, 0.1) is 37.0 Å². The van der Waals surface area contributed by atoms with E-state index in [9.17, 15) is 13.2 Å². The van der Waals surface area contributed by atoms with Crippen molar-refractivity contribution >= 4 is 5.69 Å². The third kappa shape index (κ3) is 2.99. The van der Waals surface area contributed by atoms with Gasteiger partial charge < -0.3 is 9.64 Å². The van der Waals surface area contributed by atoms with Crippen LogP contribution in [0.5, 0.6) is 0 Å². The molecule has 3 nitrogen and oxygen atoms in total. The van der Waals surface area contributed by atoms with Crippen molar-refractivity contribution in [2.24, 2.45) is 0 Å². The Kier molecular flexibility index (Phi) is 3.96. The first-order valence-electron chi connectivity index (χ1n) is 5.93. The van der Waals surface area contributed by atoms with Crippen LogP contribution in [0, 0.1) is 11.3 Å². The van der Waals surface area contributed by atoms with Gasteiger partial charge in [0.1, 0.15) is 0 Å². The molecule has 0 amide bonds. The topological polar surface area (TPSA) is 36.3 Å². The van der Waals surface area contributed by atoms with E-state index in [4.69, 9.17) is 10.00 Å². The first kappa shape index (κ1) is 13.7. The number of halogens is 3. The van der Waals surface area contributed by atoms with Crippen molar-refractivity contribution in [1.82, 2.24) is 0 Å². The van der Waals surface area contributed by atoms with E-state index in [0.717, 1.165) is 6.07 Å². The molecular weight excluding hydrogens is 257 g/mol. The van der Waals surface area contributed by atoms with E-state index >= 15 is 0 Å². The zero-order chi connectivity index (χ0) is 13.9. The summed E-state index contributed by atoms with van der Waals surface area (Å²) in [4.78, 5) is 1.65. The van der Waals surface area contributed by atoms with Crippen molar-refractivity contribution in [3.63, 3.8) is 0 Å². The normalized spacial score (nSPS) is 16.2. The summed E-state index contributed by atoms with van der Waals surface area (Å²) in [5, 5.41) is 8.76. The number of rotatable bonds is 2. The Hall–Kier alpha value is -1.74. The average Bonchev–Trinajstić information content (AvgIpc) is 2.39. The largest absolute Gasteiger partial charge is 0.418 e. The molecule has 1 aromatic carbocycles. The standard InChI is InChI=1S/C13H13F3N2O/c14-13(15,16)11-3-1-2-10(4-5-17)12(11)18-6-8-19-9-7-18/h1-3H,4,6-9H2. The van der Waals surface area contributed by atoms with Crippen LogP contribution in [0.25, 0.3) is 0 Å². The molecule has 102 valence electrons. The van der Waals surface area contributed by atoms with Gasteiger partial charge in [0.15, 0.2) is 0 Å². The number of benzene rings is 1. The fourth-order valence-electron chi connectivity index (χ4n) is 2.21. The molecule has 0 N–H and O–H groups in total. The minimum Gasteiger partial charge on any atom is -0.378 e. The Labute approximate surface area is 109 Å². The lowest BCUT2D eigenvalue weighted by molar-refractivity contribution is -0.137. The van der Waals surface area contributed by atoms with Crippen molar-refractivity contribution in [2.75, 3.05) is 31.2 Å². The number of morpholine rings is 1. The lowest BCUT2D eigenvalue weighted by Gasteiger charge is -2.32. The molecule has 0 unspecified atom stereocenters. The van der Waals surface area contributed by atoms with Crippen LogP contribution in [-0.2, 0) is 17.3 Å². The predicted octanol–water partition coefficient (Wildman–Crippen LogP) is 2.61. The van der Waals surface area contributed by atoms with Crippen LogP contribution in [0.15, 0.2) is 18.2 Å². The molecule has 0 atom stereocenters.